The summed E-state index contributed by atoms with van der Waals surface area (Å²) in [6.07, 6.45) is 0. The van der Waals surface area contributed by atoms with Crippen LogP contribution in [0.2, 0.25) is 0 Å². The fraction of sp³-hybridized carbons (Fsp3) is 0.318. The van der Waals surface area contributed by atoms with Crippen LogP contribution in [0, 0.1) is 6.92 Å². The summed E-state index contributed by atoms with van der Waals surface area (Å²) < 4.78 is 12.9. The van der Waals surface area contributed by atoms with Gasteiger partial charge in [-0.3, -0.25) is 0 Å². The number of hydrogen-bond acceptors (Lipinski definition) is 5. The first-order valence-electron chi connectivity index (χ1n) is 9.83. The van der Waals surface area contributed by atoms with Crippen molar-refractivity contribution in [1.29, 1.82) is 0 Å². The molecule has 31 heavy (non-hydrogen) atoms. The molecular weight excluding hydrogens is 507 g/mol. The quantitative estimate of drug-likeness (QED) is 0.189. The Kier molecular flexibility index (Phi) is 10.1. The van der Waals surface area contributed by atoms with Gasteiger partial charge >= 0.3 is 0 Å². The summed E-state index contributed by atoms with van der Waals surface area (Å²) in [5, 5.41) is 14.9. The van der Waals surface area contributed by atoms with Gasteiger partial charge in [0.15, 0.2) is 11.8 Å². The first-order valence-corrected chi connectivity index (χ1v) is 9.83. The van der Waals surface area contributed by atoms with E-state index in [2.05, 4.69) is 38.0 Å². The summed E-state index contributed by atoms with van der Waals surface area (Å²) in [4.78, 5) is 4.68. The summed E-state index contributed by atoms with van der Waals surface area (Å²) >= 11 is 0. The minimum absolute atomic E-state index is 0. The third-order valence-corrected chi connectivity index (χ3v) is 4.58. The highest BCUT2D eigenvalue weighted by Crippen LogP contribution is 2.16. The Hall–Kier alpha value is -2.82. The average Bonchev–Trinajstić information content (AvgIpc) is 3.11. The number of aliphatic imine (C=N–C) groups is 1. The van der Waals surface area contributed by atoms with E-state index in [0.717, 1.165) is 28.7 Å². The van der Waals surface area contributed by atoms with Crippen molar-refractivity contribution in [3.63, 3.8) is 0 Å². The van der Waals surface area contributed by atoms with Gasteiger partial charge in [-0.1, -0.05) is 30.3 Å². The fourth-order valence-electron chi connectivity index (χ4n) is 2.71. The van der Waals surface area contributed by atoms with Crippen molar-refractivity contribution in [3.05, 3.63) is 71.8 Å². The number of nitrogens with zero attached hydrogens (tertiary/aromatic N) is 4. The zero-order valence-electron chi connectivity index (χ0n) is 18.0. The van der Waals surface area contributed by atoms with Crippen LogP contribution in [0.5, 0.6) is 11.5 Å². The van der Waals surface area contributed by atoms with E-state index in [-0.39, 0.29) is 24.0 Å². The van der Waals surface area contributed by atoms with Crippen LogP contribution in [0.25, 0.3) is 0 Å². The zero-order valence-corrected chi connectivity index (χ0v) is 20.4. The molecule has 1 aromatic heterocycles. The van der Waals surface area contributed by atoms with E-state index in [1.807, 2.05) is 61.0 Å². The Labute approximate surface area is 200 Å². The maximum atomic E-state index is 5.78. The number of guanidine groups is 1. The van der Waals surface area contributed by atoms with E-state index in [1.165, 1.54) is 0 Å². The number of ether oxygens (including phenoxy) is 2. The lowest BCUT2D eigenvalue weighted by Crippen LogP contribution is -2.39. The number of aromatic nitrogens is 3. The molecule has 0 aliphatic carbocycles. The highest BCUT2D eigenvalue weighted by molar-refractivity contribution is 14.0. The molecule has 0 unspecified atom stereocenters. The van der Waals surface area contributed by atoms with Gasteiger partial charge < -0.3 is 24.7 Å². The normalized spacial score (nSPS) is 10.9. The van der Waals surface area contributed by atoms with E-state index in [1.54, 1.807) is 7.11 Å². The second-order valence-corrected chi connectivity index (χ2v) is 6.68. The van der Waals surface area contributed by atoms with Crippen molar-refractivity contribution in [1.82, 2.24) is 25.4 Å². The molecule has 166 valence electrons. The largest absolute Gasteiger partial charge is 0.497 e. The number of hydrogen-bond donors (Lipinski definition) is 2. The smallest absolute Gasteiger partial charge is 0.192 e. The molecule has 0 spiro atoms. The van der Waals surface area contributed by atoms with Gasteiger partial charge in [0.05, 0.1) is 26.7 Å². The topological polar surface area (TPSA) is 85.6 Å². The monoisotopic (exact) mass is 536 g/mol. The van der Waals surface area contributed by atoms with Gasteiger partial charge in [0.25, 0.3) is 0 Å². The average molecular weight is 536 g/mol. The molecule has 1 heterocycles. The van der Waals surface area contributed by atoms with E-state index in [9.17, 15) is 0 Å². The van der Waals surface area contributed by atoms with Gasteiger partial charge in [-0.2, -0.15) is 0 Å². The molecule has 0 radical (unpaired) electrons. The Morgan fingerprint density at radius 1 is 1.00 bits per heavy atom. The minimum Gasteiger partial charge on any atom is -0.497 e. The molecule has 8 nitrogen and oxygen atoms in total. The zero-order chi connectivity index (χ0) is 21.2. The fourth-order valence-corrected chi connectivity index (χ4v) is 2.71. The van der Waals surface area contributed by atoms with Crippen LogP contribution < -0.4 is 20.1 Å². The number of methoxy groups -OCH3 is 1. The van der Waals surface area contributed by atoms with Crippen molar-refractivity contribution < 1.29 is 9.47 Å². The predicted molar refractivity (Wildman–Crippen MR) is 132 cm³/mol. The van der Waals surface area contributed by atoms with E-state index in [4.69, 9.17) is 9.47 Å². The molecule has 0 saturated heterocycles. The van der Waals surface area contributed by atoms with Gasteiger partial charge in [-0.15, -0.1) is 34.2 Å². The second kappa shape index (κ2) is 12.8. The molecule has 0 saturated carbocycles. The van der Waals surface area contributed by atoms with Crippen molar-refractivity contribution in [2.24, 2.45) is 12.0 Å². The molecule has 0 aliphatic heterocycles. The lowest BCUT2D eigenvalue weighted by atomic mass is 10.2. The van der Waals surface area contributed by atoms with Crippen LogP contribution >= 0.6 is 24.0 Å². The van der Waals surface area contributed by atoms with Gasteiger partial charge in [0.2, 0.25) is 0 Å². The maximum Gasteiger partial charge on any atom is 0.192 e. The molecule has 0 fully saturated rings. The molecule has 0 atom stereocenters. The minimum atomic E-state index is 0. The number of rotatable bonds is 9. The molecule has 2 aromatic carbocycles. The van der Waals surface area contributed by atoms with Crippen LogP contribution in [-0.4, -0.2) is 41.0 Å². The second-order valence-electron chi connectivity index (χ2n) is 6.68. The summed E-state index contributed by atoms with van der Waals surface area (Å²) in [7, 11) is 3.59. The van der Waals surface area contributed by atoms with Crippen LogP contribution in [0.4, 0.5) is 0 Å². The third kappa shape index (κ3) is 7.74. The van der Waals surface area contributed by atoms with Crippen LogP contribution in [0.1, 0.15) is 17.2 Å². The number of aryl methyl sites for hydroxylation is 1. The predicted octanol–water partition coefficient (Wildman–Crippen LogP) is 3.06. The Bertz CT molecular complexity index is 944. The van der Waals surface area contributed by atoms with E-state index in [0.29, 0.717) is 32.2 Å². The summed E-state index contributed by atoms with van der Waals surface area (Å²) in [6.45, 7) is 4.13. The van der Waals surface area contributed by atoms with Crippen molar-refractivity contribution in [2.45, 2.75) is 20.0 Å². The Balaban J connectivity index is 0.00000341. The first-order chi connectivity index (χ1) is 14.7. The lowest BCUT2D eigenvalue weighted by molar-refractivity contribution is 0.321. The molecule has 3 aromatic rings. The van der Waals surface area contributed by atoms with Crippen LogP contribution in [-0.2, 0) is 20.1 Å². The molecular formula is C22H29IN6O2. The van der Waals surface area contributed by atoms with Crippen molar-refractivity contribution in [3.8, 4) is 11.5 Å². The SMILES string of the molecule is COc1ccc(OCCNC(=NCc2ccccc2)NCc2nnc(C)n2C)cc1.I. The van der Waals surface area contributed by atoms with Gasteiger partial charge in [0.1, 0.15) is 23.9 Å². The summed E-state index contributed by atoms with van der Waals surface area (Å²) in [5.41, 5.74) is 1.14. The summed E-state index contributed by atoms with van der Waals surface area (Å²) in [6, 6.07) is 17.7. The molecule has 0 aliphatic rings. The van der Waals surface area contributed by atoms with Gasteiger partial charge in [-0.25, -0.2) is 4.99 Å². The molecule has 3 rings (SSSR count). The molecule has 2 N–H and O–H groups in total. The van der Waals surface area contributed by atoms with Gasteiger partial charge in [0, 0.05) is 7.05 Å². The number of halogens is 1. The first kappa shape index (κ1) is 24.4. The van der Waals surface area contributed by atoms with Crippen molar-refractivity contribution in [2.75, 3.05) is 20.3 Å². The molecule has 0 amide bonds. The van der Waals surface area contributed by atoms with Gasteiger partial charge in [-0.05, 0) is 36.8 Å². The summed E-state index contributed by atoms with van der Waals surface area (Å²) in [5.74, 6) is 4.01. The third-order valence-electron chi connectivity index (χ3n) is 4.58. The molecule has 0 bridgehead atoms. The van der Waals surface area contributed by atoms with Crippen LogP contribution in [0.3, 0.4) is 0 Å². The number of nitrogens with one attached hydrogen (secondary N) is 2. The Morgan fingerprint density at radius 2 is 1.71 bits per heavy atom. The number of benzene rings is 2. The van der Waals surface area contributed by atoms with Crippen molar-refractivity contribution >= 4 is 29.9 Å². The van der Waals surface area contributed by atoms with Crippen LogP contribution in [0.15, 0.2) is 59.6 Å². The molecule has 9 heteroatoms. The highest BCUT2D eigenvalue weighted by Gasteiger charge is 2.06. The van der Waals surface area contributed by atoms with E-state index >= 15 is 0 Å². The lowest BCUT2D eigenvalue weighted by Gasteiger charge is -2.13. The Morgan fingerprint density at radius 3 is 2.35 bits per heavy atom. The highest BCUT2D eigenvalue weighted by atomic mass is 127. The van der Waals surface area contributed by atoms with E-state index < -0.39 is 0 Å². The maximum absolute atomic E-state index is 5.78. The standard InChI is InChI=1S/C22H28N6O2.HI/c1-17-26-27-21(28(17)2)16-25-22(24-15-18-7-5-4-6-8-18)23-13-14-30-20-11-9-19(29-3)10-12-20;/h4-12H,13-16H2,1-3H3,(H2,23,24,25);1H.